The van der Waals surface area contributed by atoms with Gasteiger partial charge in [0.25, 0.3) is 5.92 Å². The summed E-state index contributed by atoms with van der Waals surface area (Å²) in [5, 5.41) is 6.71. The molecule has 1 fully saturated rings. The smallest absolute Gasteiger partial charge is 0.260 e. The third-order valence-electron chi connectivity index (χ3n) is 3.66. The molecule has 5 heteroatoms. The maximum atomic E-state index is 13.6. The van der Waals surface area contributed by atoms with E-state index in [0.29, 0.717) is 11.3 Å². The fourth-order valence-electron chi connectivity index (χ4n) is 2.43. The highest BCUT2D eigenvalue weighted by Gasteiger charge is 2.72. The van der Waals surface area contributed by atoms with E-state index >= 15 is 0 Å². The molecule has 0 aliphatic heterocycles. The summed E-state index contributed by atoms with van der Waals surface area (Å²) >= 11 is 0. The number of aromatic amines is 1. The number of halogens is 2. The largest absolute Gasteiger partial charge is 0.329 e. The molecule has 1 unspecified atom stereocenters. The van der Waals surface area contributed by atoms with Gasteiger partial charge in [-0.1, -0.05) is 30.3 Å². The van der Waals surface area contributed by atoms with Gasteiger partial charge in [-0.2, -0.15) is 5.10 Å². The number of benzene rings is 1. The summed E-state index contributed by atoms with van der Waals surface area (Å²) in [6, 6.07) is 9.33. The van der Waals surface area contributed by atoms with Crippen LogP contribution in [0.5, 0.6) is 0 Å². The summed E-state index contributed by atoms with van der Waals surface area (Å²) in [5.41, 5.74) is 6.32. The Morgan fingerprint density at radius 2 is 1.94 bits per heavy atom. The SMILES string of the molecule is NCC1(c2cn[nH]c2-c2ccccc2)CC1(F)F. The van der Waals surface area contributed by atoms with Gasteiger partial charge >= 0.3 is 0 Å². The van der Waals surface area contributed by atoms with Gasteiger partial charge in [0, 0.05) is 18.5 Å². The molecule has 1 atom stereocenters. The monoisotopic (exact) mass is 249 g/mol. The van der Waals surface area contributed by atoms with Gasteiger partial charge < -0.3 is 5.73 Å². The van der Waals surface area contributed by atoms with E-state index in [1.165, 1.54) is 6.20 Å². The maximum Gasteiger partial charge on any atom is 0.260 e. The molecule has 0 saturated heterocycles. The Morgan fingerprint density at radius 3 is 2.50 bits per heavy atom. The predicted molar refractivity (Wildman–Crippen MR) is 64.3 cm³/mol. The van der Waals surface area contributed by atoms with E-state index in [1.807, 2.05) is 30.3 Å². The third kappa shape index (κ3) is 1.40. The highest BCUT2D eigenvalue weighted by molar-refractivity contribution is 5.66. The van der Waals surface area contributed by atoms with E-state index < -0.39 is 11.3 Å². The first-order valence-electron chi connectivity index (χ1n) is 5.78. The van der Waals surface area contributed by atoms with Crippen molar-refractivity contribution in [2.24, 2.45) is 5.73 Å². The quantitative estimate of drug-likeness (QED) is 0.877. The number of nitrogens with zero attached hydrogens (tertiary/aromatic N) is 1. The molecule has 1 heterocycles. The van der Waals surface area contributed by atoms with Crippen LogP contribution in [0.2, 0.25) is 0 Å². The van der Waals surface area contributed by atoms with Crippen LogP contribution in [0, 0.1) is 0 Å². The number of hydrogen-bond acceptors (Lipinski definition) is 2. The van der Waals surface area contributed by atoms with Crippen LogP contribution in [-0.4, -0.2) is 22.7 Å². The van der Waals surface area contributed by atoms with Gasteiger partial charge in [-0.3, -0.25) is 5.10 Å². The van der Waals surface area contributed by atoms with Gasteiger partial charge in [-0.25, -0.2) is 8.78 Å². The molecule has 3 rings (SSSR count). The summed E-state index contributed by atoms with van der Waals surface area (Å²) < 4.78 is 27.2. The summed E-state index contributed by atoms with van der Waals surface area (Å²) in [4.78, 5) is 0. The molecule has 1 aliphatic rings. The number of rotatable bonds is 3. The standard InChI is InChI=1S/C13H13F2N3/c14-13(15)7-12(13,8-16)10-6-17-18-11(10)9-4-2-1-3-5-9/h1-6H,7-8,16H2,(H,17,18). The lowest BCUT2D eigenvalue weighted by Crippen LogP contribution is -2.27. The van der Waals surface area contributed by atoms with Gasteiger partial charge in [0.1, 0.15) is 0 Å². The van der Waals surface area contributed by atoms with Crippen molar-refractivity contribution in [3.63, 3.8) is 0 Å². The maximum absolute atomic E-state index is 13.6. The second kappa shape index (κ2) is 3.62. The van der Waals surface area contributed by atoms with Crippen molar-refractivity contribution in [3.8, 4) is 11.3 Å². The number of nitrogens with two attached hydrogens (primary N) is 1. The fourth-order valence-corrected chi connectivity index (χ4v) is 2.43. The summed E-state index contributed by atoms with van der Waals surface area (Å²) in [6.07, 6.45) is 1.27. The average molecular weight is 249 g/mol. The Balaban J connectivity index is 2.09. The number of H-pyrrole nitrogens is 1. The highest BCUT2D eigenvalue weighted by atomic mass is 19.3. The molecule has 3 N–H and O–H groups in total. The molecule has 1 saturated carbocycles. The average Bonchev–Trinajstić information content (AvgIpc) is 2.78. The zero-order valence-corrected chi connectivity index (χ0v) is 9.66. The van der Waals surface area contributed by atoms with Crippen molar-refractivity contribution in [1.82, 2.24) is 10.2 Å². The fraction of sp³-hybridized carbons (Fsp3) is 0.308. The summed E-state index contributed by atoms with van der Waals surface area (Å²) in [7, 11) is 0. The van der Waals surface area contributed by atoms with E-state index in [4.69, 9.17) is 5.73 Å². The molecular formula is C13H13F2N3. The minimum Gasteiger partial charge on any atom is -0.329 e. The van der Waals surface area contributed by atoms with Crippen molar-refractivity contribution < 1.29 is 8.78 Å². The van der Waals surface area contributed by atoms with Crippen LogP contribution >= 0.6 is 0 Å². The molecule has 3 nitrogen and oxygen atoms in total. The molecule has 94 valence electrons. The third-order valence-corrected chi connectivity index (χ3v) is 3.66. The van der Waals surface area contributed by atoms with E-state index in [1.54, 1.807) is 0 Å². The van der Waals surface area contributed by atoms with Crippen LogP contribution in [0.1, 0.15) is 12.0 Å². The van der Waals surface area contributed by atoms with Gasteiger partial charge in [0.05, 0.1) is 17.3 Å². The minimum absolute atomic E-state index is 0.0701. The molecule has 1 aliphatic carbocycles. The van der Waals surface area contributed by atoms with Crippen LogP contribution < -0.4 is 5.73 Å². The Kier molecular flexibility index (Phi) is 2.28. The van der Waals surface area contributed by atoms with Crippen LogP contribution in [0.4, 0.5) is 8.78 Å². The second-order valence-electron chi connectivity index (χ2n) is 4.69. The van der Waals surface area contributed by atoms with E-state index in [9.17, 15) is 8.78 Å². The first-order chi connectivity index (χ1) is 8.61. The van der Waals surface area contributed by atoms with Crippen molar-refractivity contribution >= 4 is 0 Å². The van der Waals surface area contributed by atoms with Gasteiger partial charge in [0.15, 0.2) is 0 Å². The molecule has 0 spiro atoms. The second-order valence-corrected chi connectivity index (χ2v) is 4.69. The molecule has 0 bridgehead atoms. The molecule has 0 radical (unpaired) electrons. The summed E-state index contributed by atoms with van der Waals surface area (Å²) in [6.45, 7) is -0.0701. The normalized spacial score (nSPS) is 25.1. The highest BCUT2D eigenvalue weighted by Crippen LogP contribution is 2.62. The first kappa shape index (κ1) is 11.3. The van der Waals surface area contributed by atoms with Crippen molar-refractivity contribution in [2.45, 2.75) is 17.8 Å². The predicted octanol–water partition coefficient (Wildman–Crippen LogP) is 2.31. The molecule has 1 aromatic heterocycles. The number of hydrogen-bond donors (Lipinski definition) is 2. The Morgan fingerprint density at radius 1 is 1.28 bits per heavy atom. The zero-order valence-electron chi connectivity index (χ0n) is 9.66. The van der Waals surface area contributed by atoms with Gasteiger partial charge in [-0.15, -0.1) is 0 Å². The van der Waals surface area contributed by atoms with Gasteiger partial charge in [-0.05, 0) is 5.56 Å². The lowest BCUT2D eigenvalue weighted by molar-refractivity contribution is 0.0897. The molecule has 2 aromatic rings. The first-order valence-corrected chi connectivity index (χ1v) is 5.78. The van der Waals surface area contributed by atoms with Crippen molar-refractivity contribution in [2.75, 3.05) is 6.54 Å². The Bertz CT molecular complexity index is 565. The van der Waals surface area contributed by atoms with Crippen LogP contribution in [0.15, 0.2) is 36.5 Å². The molecule has 18 heavy (non-hydrogen) atoms. The van der Waals surface area contributed by atoms with Crippen LogP contribution in [-0.2, 0) is 5.41 Å². The van der Waals surface area contributed by atoms with E-state index in [-0.39, 0.29) is 13.0 Å². The minimum atomic E-state index is -2.73. The lowest BCUT2D eigenvalue weighted by atomic mass is 9.93. The topological polar surface area (TPSA) is 54.7 Å². The lowest BCUT2D eigenvalue weighted by Gasteiger charge is -2.14. The summed E-state index contributed by atoms with van der Waals surface area (Å²) in [5.74, 6) is -2.73. The van der Waals surface area contributed by atoms with Gasteiger partial charge in [0.2, 0.25) is 0 Å². The van der Waals surface area contributed by atoms with Crippen molar-refractivity contribution in [3.05, 3.63) is 42.1 Å². The molecule has 0 amide bonds. The van der Waals surface area contributed by atoms with Crippen LogP contribution in [0.25, 0.3) is 11.3 Å². The Labute approximate surface area is 103 Å². The van der Waals surface area contributed by atoms with E-state index in [2.05, 4.69) is 10.2 Å². The molecule has 1 aromatic carbocycles. The van der Waals surface area contributed by atoms with Crippen LogP contribution in [0.3, 0.4) is 0 Å². The number of alkyl halides is 2. The molecular weight excluding hydrogens is 236 g/mol. The Hall–Kier alpha value is -1.75. The number of aromatic nitrogens is 2. The zero-order chi connectivity index (χ0) is 12.8. The van der Waals surface area contributed by atoms with E-state index in [0.717, 1.165) is 5.56 Å². The van der Waals surface area contributed by atoms with Crippen molar-refractivity contribution in [1.29, 1.82) is 0 Å². The number of nitrogens with one attached hydrogen (secondary N) is 1.